The summed E-state index contributed by atoms with van der Waals surface area (Å²) in [7, 11) is 0. The van der Waals surface area contributed by atoms with Crippen LogP contribution in [0.2, 0.25) is 14.4 Å². The second-order valence-electron chi connectivity index (χ2n) is 5.20. The predicted molar refractivity (Wildman–Crippen MR) is 96.1 cm³/mol. The van der Waals surface area contributed by atoms with Crippen LogP contribution in [-0.4, -0.2) is 42.0 Å². The van der Waals surface area contributed by atoms with Crippen molar-refractivity contribution in [2.75, 3.05) is 31.1 Å². The average molecular weight is 391 g/mol. The van der Waals surface area contributed by atoms with Crippen molar-refractivity contribution in [3.05, 3.63) is 43.8 Å². The molecular weight excluding hydrogens is 377 g/mol. The highest BCUT2D eigenvalue weighted by Crippen LogP contribution is 2.28. The smallest absolute Gasteiger partial charge is 0.229 e. The summed E-state index contributed by atoms with van der Waals surface area (Å²) in [5, 5.41) is 1.85. The number of anilines is 1. The van der Waals surface area contributed by atoms with E-state index in [2.05, 4.69) is 9.88 Å². The van der Waals surface area contributed by atoms with Crippen LogP contribution < -0.4 is 4.90 Å². The van der Waals surface area contributed by atoms with E-state index in [0.717, 1.165) is 23.8 Å². The van der Waals surface area contributed by atoms with Gasteiger partial charge in [0.25, 0.3) is 0 Å². The van der Waals surface area contributed by atoms with E-state index in [9.17, 15) is 4.79 Å². The molecule has 0 radical (unpaired) electrons. The molecule has 0 N–H and O–H groups in total. The van der Waals surface area contributed by atoms with Crippen molar-refractivity contribution >= 4 is 57.7 Å². The quantitative estimate of drug-likeness (QED) is 0.795. The summed E-state index contributed by atoms with van der Waals surface area (Å²) >= 11 is 19.2. The van der Waals surface area contributed by atoms with Crippen molar-refractivity contribution < 1.29 is 4.79 Å². The number of piperazine rings is 1. The molecule has 2 heterocycles. The third kappa shape index (κ3) is 4.10. The number of benzene rings is 1. The van der Waals surface area contributed by atoms with E-state index >= 15 is 0 Å². The Hall–Kier alpha value is -1.01. The van der Waals surface area contributed by atoms with Gasteiger partial charge in [0, 0.05) is 31.9 Å². The molecule has 1 aromatic carbocycles. The normalized spacial score (nSPS) is 15.1. The number of hydrogen-bond acceptors (Lipinski definition) is 4. The highest BCUT2D eigenvalue weighted by Gasteiger charge is 2.22. The largest absolute Gasteiger partial charge is 0.368 e. The Morgan fingerprint density at radius 1 is 1.13 bits per heavy atom. The second kappa shape index (κ2) is 7.26. The Morgan fingerprint density at radius 2 is 1.87 bits per heavy atom. The lowest BCUT2D eigenvalue weighted by Gasteiger charge is -2.36. The zero-order valence-electron chi connectivity index (χ0n) is 12.1. The maximum atomic E-state index is 12.3. The van der Waals surface area contributed by atoms with Gasteiger partial charge in [-0.3, -0.25) is 4.79 Å². The fourth-order valence-electron chi connectivity index (χ4n) is 2.51. The molecule has 23 heavy (non-hydrogen) atoms. The van der Waals surface area contributed by atoms with Crippen LogP contribution in [0.25, 0.3) is 0 Å². The van der Waals surface area contributed by atoms with E-state index in [1.807, 2.05) is 17.0 Å². The van der Waals surface area contributed by atoms with Crippen LogP contribution in [0.5, 0.6) is 0 Å². The van der Waals surface area contributed by atoms with Crippen LogP contribution in [0.4, 0.5) is 5.69 Å². The molecule has 1 aliphatic heterocycles. The molecule has 1 amide bonds. The third-order valence-electron chi connectivity index (χ3n) is 3.73. The molecule has 122 valence electrons. The van der Waals surface area contributed by atoms with E-state index in [-0.39, 0.29) is 5.91 Å². The van der Waals surface area contributed by atoms with E-state index in [1.165, 1.54) is 11.3 Å². The highest BCUT2D eigenvalue weighted by atomic mass is 35.5. The topological polar surface area (TPSA) is 36.4 Å². The maximum absolute atomic E-state index is 12.3. The lowest BCUT2D eigenvalue weighted by molar-refractivity contribution is -0.130. The third-order valence-corrected chi connectivity index (χ3v) is 5.58. The minimum absolute atomic E-state index is 0.0878. The second-order valence-corrected chi connectivity index (χ2v) is 7.76. The minimum Gasteiger partial charge on any atom is -0.368 e. The Morgan fingerprint density at radius 3 is 2.48 bits per heavy atom. The molecule has 0 spiro atoms. The summed E-state index contributed by atoms with van der Waals surface area (Å²) in [5.41, 5.74) is 1.03. The van der Waals surface area contributed by atoms with Gasteiger partial charge in [-0.1, -0.05) is 34.8 Å². The Kier molecular flexibility index (Phi) is 5.31. The fourth-order valence-corrected chi connectivity index (χ4v) is 3.75. The molecular formula is C15H14Cl3N3OS. The number of thiazole rings is 1. The van der Waals surface area contributed by atoms with Crippen molar-refractivity contribution in [2.45, 2.75) is 6.42 Å². The SMILES string of the molecule is O=C(Cc1ncc(Cl)s1)N1CCN(c2ccc(Cl)c(Cl)c2)CC1. The first-order valence-electron chi connectivity index (χ1n) is 7.11. The fraction of sp³-hybridized carbons (Fsp3) is 0.333. The number of hydrogen-bond donors (Lipinski definition) is 0. The monoisotopic (exact) mass is 389 g/mol. The van der Waals surface area contributed by atoms with Gasteiger partial charge in [0.1, 0.15) is 9.34 Å². The van der Waals surface area contributed by atoms with Crippen molar-refractivity contribution in [1.82, 2.24) is 9.88 Å². The van der Waals surface area contributed by atoms with Crippen molar-refractivity contribution in [3.63, 3.8) is 0 Å². The highest BCUT2D eigenvalue weighted by molar-refractivity contribution is 7.15. The first kappa shape index (κ1) is 16.8. The van der Waals surface area contributed by atoms with E-state index < -0.39 is 0 Å². The molecule has 2 aromatic rings. The molecule has 1 fully saturated rings. The van der Waals surface area contributed by atoms with Gasteiger partial charge in [0.2, 0.25) is 5.91 Å². The van der Waals surface area contributed by atoms with Gasteiger partial charge in [-0.2, -0.15) is 0 Å². The van der Waals surface area contributed by atoms with Gasteiger partial charge < -0.3 is 9.80 Å². The van der Waals surface area contributed by atoms with Crippen LogP contribution in [0.3, 0.4) is 0 Å². The van der Waals surface area contributed by atoms with E-state index in [1.54, 1.807) is 12.3 Å². The van der Waals surface area contributed by atoms with Crippen molar-refractivity contribution in [3.8, 4) is 0 Å². The number of amides is 1. The molecule has 3 rings (SSSR count). The van der Waals surface area contributed by atoms with Crippen LogP contribution in [0.1, 0.15) is 5.01 Å². The molecule has 0 saturated carbocycles. The van der Waals surface area contributed by atoms with E-state index in [0.29, 0.717) is 33.9 Å². The summed E-state index contributed by atoms with van der Waals surface area (Å²) in [6, 6.07) is 5.60. The molecule has 4 nitrogen and oxygen atoms in total. The van der Waals surface area contributed by atoms with Crippen LogP contribution in [0, 0.1) is 0 Å². The Labute approximate surface area is 153 Å². The van der Waals surface area contributed by atoms with Gasteiger partial charge in [0.15, 0.2) is 0 Å². The number of carbonyl (C=O) groups excluding carboxylic acids is 1. The molecule has 0 aliphatic carbocycles. The molecule has 0 unspecified atom stereocenters. The first-order chi connectivity index (χ1) is 11.0. The standard InChI is InChI=1S/C15H14Cl3N3OS/c16-11-2-1-10(7-12(11)17)20-3-5-21(6-4-20)15(22)8-14-19-9-13(18)23-14/h1-2,7,9H,3-6,8H2. The van der Waals surface area contributed by atoms with Crippen molar-refractivity contribution in [2.24, 2.45) is 0 Å². The van der Waals surface area contributed by atoms with E-state index in [4.69, 9.17) is 34.8 Å². The summed E-state index contributed by atoms with van der Waals surface area (Å²) in [6.07, 6.45) is 1.89. The lowest BCUT2D eigenvalue weighted by Crippen LogP contribution is -2.49. The zero-order valence-corrected chi connectivity index (χ0v) is 15.2. The van der Waals surface area contributed by atoms with Gasteiger partial charge in [-0.05, 0) is 18.2 Å². The van der Waals surface area contributed by atoms with Gasteiger partial charge in [0.05, 0.1) is 22.7 Å². The van der Waals surface area contributed by atoms with Crippen LogP contribution >= 0.6 is 46.1 Å². The van der Waals surface area contributed by atoms with Gasteiger partial charge >= 0.3 is 0 Å². The average Bonchev–Trinajstić information content (AvgIpc) is 2.95. The molecule has 1 aromatic heterocycles. The van der Waals surface area contributed by atoms with Gasteiger partial charge in [-0.15, -0.1) is 11.3 Å². The summed E-state index contributed by atoms with van der Waals surface area (Å²) in [4.78, 5) is 20.5. The van der Waals surface area contributed by atoms with Gasteiger partial charge in [-0.25, -0.2) is 4.98 Å². The summed E-state index contributed by atoms with van der Waals surface area (Å²) < 4.78 is 0.609. The first-order valence-corrected chi connectivity index (χ1v) is 9.06. The van der Waals surface area contributed by atoms with Crippen LogP contribution in [0.15, 0.2) is 24.4 Å². The minimum atomic E-state index is 0.0878. The Bertz CT molecular complexity index is 714. The van der Waals surface area contributed by atoms with Crippen LogP contribution in [-0.2, 0) is 11.2 Å². The number of rotatable bonds is 3. The number of halogens is 3. The molecule has 0 bridgehead atoms. The summed E-state index contributed by atoms with van der Waals surface area (Å²) in [5.74, 6) is 0.0878. The molecule has 1 aliphatic rings. The lowest BCUT2D eigenvalue weighted by atomic mass is 10.2. The molecule has 1 saturated heterocycles. The number of carbonyl (C=O) groups is 1. The zero-order chi connectivity index (χ0) is 16.4. The Balaban J connectivity index is 1.57. The number of aromatic nitrogens is 1. The predicted octanol–water partition coefficient (Wildman–Crippen LogP) is 3.99. The van der Waals surface area contributed by atoms with Crippen molar-refractivity contribution in [1.29, 1.82) is 0 Å². The molecule has 0 atom stereocenters. The maximum Gasteiger partial charge on any atom is 0.229 e. The molecule has 8 heteroatoms. The number of nitrogens with zero attached hydrogens (tertiary/aromatic N) is 3. The summed E-state index contributed by atoms with van der Waals surface area (Å²) in [6.45, 7) is 2.89.